The van der Waals surface area contributed by atoms with Gasteiger partial charge in [-0.05, 0) is 60.0 Å². The van der Waals surface area contributed by atoms with Crippen molar-refractivity contribution >= 4 is 27.5 Å². The predicted octanol–water partition coefficient (Wildman–Crippen LogP) is 3.68. The Bertz CT molecular complexity index is 639. The van der Waals surface area contributed by atoms with Gasteiger partial charge in [-0.15, -0.1) is 0 Å². The second kappa shape index (κ2) is 6.92. The van der Waals surface area contributed by atoms with Crippen molar-refractivity contribution in [1.82, 2.24) is 15.2 Å². The van der Waals surface area contributed by atoms with Crippen molar-refractivity contribution < 1.29 is 0 Å². The lowest BCUT2D eigenvalue weighted by Crippen LogP contribution is -2.30. The summed E-state index contributed by atoms with van der Waals surface area (Å²) in [7, 11) is 0. The first-order chi connectivity index (χ1) is 9.97. The van der Waals surface area contributed by atoms with E-state index < -0.39 is 0 Å². The lowest BCUT2D eigenvalue weighted by atomic mass is 9.98. The van der Waals surface area contributed by atoms with Gasteiger partial charge in [-0.25, -0.2) is 0 Å². The maximum absolute atomic E-state index is 6.03. The minimum absolute atomic E-state index is 0.0139. The third-order valence-corrected chi connectivity index (χ3v) is 4.93. The zero-order valence-corrected chi connectivity index (χ0v) is 14.8. The number of nitrogens with two attached hydrogens (primary N) is 1. The number of aromatic nitrogens is 2. The molecule has 0 aliphatic carbocycles. The van der Waals surface area contributed by atoms with Gasteiger partial charge in [-0.2, -0.15) is 5.10 Å². The van der Waals surface area contributed by atoms with Gasteiger partial charge in [0.1, 0.15) is 0 Å². The fourth-order valence-electron chi connectivity index (χ4n) is 2.55. The van der Waals surface area contributed by atoms with E-state index in [0.717, 1.165) is 45.0 Å². The number of hydrazine groups is 1. The van der Waals surface area contributed by atoms with Crippen LogP contribution in [0.15, 0.2) is 22.7 Å². The first-order valence-corrected chi connectivity index (χ1v) is 8.09. The summed E-state index contributed by atoms with van der Waals surface area (Å²) in [6, 6.07) is 5.89. The Morgan fingerprint density at radius 3 is 2.71 bits per heavy atom. The first kappa shape index (κ1) is 16.5. The fourth-order valence-corrected chi connectivity index (χ4v) is 3.22. The molecule has 0 saturated heterocycles. The normalized spacial score (nSPS) is 12.7. The van der Waals surface area contributed by atoms with Gasteiger partial charge in [0.15, 0.2) is 0 Å². The highest BCUT2D eigenvalue weighted by molar-refractivity contribution is 9.10. The van der Waals surface area contributed by atoms with Gasteiger partial charge >= 0.3 is 0 Å². The standard InChI is InChI=1S/C15H20BrClN4/c1-4-21-14(15(16)10(3)20-21)8-13(19-18)12-6-5-11(17)7-9(12)2/h5-7,13,19H,4,8,18H2,1-3H3. The quantitative estimate of drug-likeness (QED) is 0.622. The second-order valence-corrected chi connectivity index (χ2v) is 6.32. The third-order valence-electron chi connectivity index (χ3n) is 3.66. The second-order valence-electron chi connectivity index (χ2n) is 5.09. The van der Waals surface area contributed by atoms with Crippen molar-refractivity contribution in [3.63, 3.8) is 0 Å². The van der Waals surface area contributed by atoms with Crippen molar-refractivity contribution in [3.8, 4) is 0 Å². The molecule has 0 aliphatic rings. The molecule has 0 amide bonds. The molecule has 1 unspecified atom stereocenters. The molecule has 4 nitrogen and oxygen atoms in total. The molecule has 1 heterocycles. The minimum Gasteiger partial charge on any atom is -0.271 e. The maximum atomic E-state index is 6.03. The highest BCUT2D eigenvalue weighted by atomic mass is 79.9. The largest absolute Gasteiger partial charge is 0.271 e. The molecule has 21 heavy (non-hydrogen) atoms. The van der Waals surface area contributed by atoms with Crippen LogP contribution in [0.25, 0.3) is 0 Å². The molecule has 2 rings (SSSR count). The lowest BCUT2D eigenvalue weighted by Gasteiger charge is -2.19. The van der Waals surface area contributed by atoms with E-state index in [2.05, 4.69) is 33.4 Å². The van der Waals surface area contributed by atoms with Crippen LogP contribution in [-0.2, 0) is 13.0 Å². The van der Waals surface area contributed by atoms with Crippen LogP contribution in [0.3, 0.4) is 0 Å². The number of hydrogen-bond acceptors (Lipinski definition) is 3. The molecule has 0 fully saturated rings. The molecule has 0 bridgehead atoms. The Morgan fingerprint density at radius 1 is 1.43 bits per heavy atom. The van der Waals surface area contributed by atoms with Gasteiger partial charge in [0.05, 0.1) is 21.9 Å². The van der Waals surface area contributed by atoms with Gasteiger partial charge < -0.3 is 0 Å². The average Bonchev–Trinajstić information content (AvgIpc) is 2.72. The van der Waals surface area contributed by atoms with Crippen LogP contribution < -0.4 is 11.3 Å². The topological polar surface area (TPSA) is 55.9 Å². The Kier molecular flexibility index (Phi) is 5.43. The van der Waals surface area contributed by atoms with Crippen LogP contribution in [0, 0.1) is 13.8 Å². The number of halogens is 2. The molecule has 0 aliphatic heterocycles. The van der Waals surface area contributed by atoms with Crippen LogP contribution in [0.5, 0.6) is 0 Å². The molecule has 1 aromatic heterocycles. The molecule has 114 valence electrons. The van der Waals surface area contributed by atoms with Crippen LogP contribution in [0.1, 0.15) is 35.5 Å². The summed E-state index contributed by atoms with van der Waals surface area (Å²) in [6.07, 6.45) is 0.758. The summed E-state index contributed by atoms with van der Waals surface area (Å²) < 4.78 is 3.06. The Hall–Kier alpha value is -0.880. The van der Waals surface area contributed by atoms with Crippen molar-refractivity contribution in [2.24, 2.45) is 5.84 Å². The van der Waals surface area contributed by atoms with E-state index >= 15 is 0 Å². The predicted molar refractivity (Wildman–Crippen MR) is 90.3 cm³/mol. The summed E-state index contributed by atoms with van der Waals surface area (Å²) in [4.78, 5) is 0. The van der Waals surface area contributed by atoms with Gasteiger partial charge in [-0.3, -0.25) is 16.0 Å². The van der Waals surface area contributed by atoms with E-state index in [4.69, 9.17) is 17.4 Å². The fraction of sp³-hybridized carbons (Fsp3) is 0.400. The van der Waals surface area contributed by atoms with Crippen LogP contribution in [0.4, 0.5) is 0 Å². The van der Waals surface area contributed by atoms with Crippen molar-refractivity contribution in [1.29, 1.82) is 0 Å². The SMILES string of the molecule is CCn1nc(C)c(Br)c1CC(NN)c1ccc(Cl)cc1C. The van der Waals surface area contributed by atoms with Crippen LogP contribution >= 0.6 is 27.5 Å². The number of hydrogen-bond donors (Lipinski definition) is 2. The monoisotopic (exact) mass is 370 g/mol. The first-order valence-electron chi connectivity index (χ1n) is 6.91. The highest BCUT2D eigenvalue weighted by Gasteiger charge is 2.19. The molecule has 3 N–H and O–H groups in total. The zero-order valence-electron chi connectivity index (χ0n) is 12.5. The molecular weight excluding hydrogens is 352 g/mol. The number of aryl methyl sites for hydroxylation is 3. The summed E-state index contributed by atoms with van der Waals surface area (Å²) in [5.74, 6) is 5.78. The van der Waals surface area contributed by atoms with Crippen molar-refractivity contribution in [2.75, 3.05) is 0 Å². The van der Waals surface area contributed by atoms with E-state index in [1.165, 1.54) is 0 Å². The lowest BCUT2D eigenvalue weighted by molar-refractivity contribution is 0.514. The smallest absolute Gasteiger partial charge is 0.0738 e. The van der Waals surface area contributed by atoms with E-state index in [1.54, 1.807) is 0 Å². The Morgan fingerprint density at radius 2 is 2.14 bits per heavy atom. The van der Waals surface area contributed by atoms with Gasteiger partial charge in [-0.1, -0.05) is 17.7 Å². The van der Waals surface area contributed by atoms with Gasteiger partial charge in [0, 0.05) is 18.0 Å². The number of nitrogens with zero attached hydrogens (tertiary/aromatic N) is 2. The van der Waals surface area contributed by atoms with Gasteiger partial charge in [0.2, 0.25) is 0 Å². The van der Waals surface area contributed by atoms with E-state index in [9.17, 15) is 0 Å². The molecule has 1 atom stereocenters. The summed E-state index contributed by atoms with van der Waals surface area (Å²) in [5.41, 5.74) is 7.33. The minimum atomic E-state index is 0.0139. The Labute approximate surface area is 138 Å². The maximum Gasteiger partial charge on any atom is 0.0738 e. The molecule has 0 spiro atoms. The van der Waals surface area contributed by atoms with Crippen LogP contribution in [-0.4, -0.2) is 9.78 Å². The van der Waals surface area contributed by atoms with E-state index in [-0.39, 0.29) is 6.04 Å². The summed E-state index contributed by atoms with van der Waals surface area (Å²) in [6.45, 7) is 6.96. The molecular formula is C15H20BrClN4. The highest BCUT2D eigenvalue weighted by Crippen LogP contribution is 2.28. The average molecular weight is 372 g/mol. The molecule has 0 radical (unpaired) electrons. The molecule has 1 aromatic carbocycles. The van der Waals surface area contributed by atoms with E-state index in [0.29, 0.717) is 0 Å². The van der Waals surface area contributed by atoms with E-state index in [1.807, 2.05) is 36.7 Å². The number of nitrogens with one attached hydrogen (secondary N) is 1. The number of benzene rings is 1. The number of rotatable bonds is 5. The Balaban J connectivity index is 2.35. The zero-order chi connectivity index (χ0) is 15.6. The molecule has 0 saturated carbocycles. The molecule has 6 heteroatoms. The summed E-state index contributed by atoms with van der Waals surface area (Å²) >= 11 is 9.66. The van der Waals surface area contributed by atoms with Crippen molar-refractivity contribution in [2.45, 2.75) is 39.8 Å². The third kappa shape index (κ3) is 3.48. The van der Waals surface area contributed by atoms with Crippen molar-refractivity contribution in [3.05, 3.63) is 50.2 Å². The molecule has 2 aromatic rings. The van der Waals surface area contributed by atoms with Crippen LogP contribution in [0.2, 0.25) is 5.02 Å². The van der Waals surface area contributed by atoms with Gasteiger partial charge in [0.25, 0.3) is 0 Å². The summed E-state index contributed by atoms with van der Waals surface area (Å²) in [5, 5.41) is 5.26.